The topological polar surface area (TPSA) is 102 Å². The highest BCUT2D eigenvalue weighted by atomic mass is 32.2. The van der Waals surface area contributed by atoms with Gasteiger partial charge in [-0.25, -0.2) is 0 Å². The smallest absolute Gasteiger partial charge is 0.316 e. The molecule has 0 aromatic carbocycles. The summed E-state index contributed by atoms with van der Waals surface area (Å²) in [4.78, 5) is 37.5. The van der Waals surface area contributed by atoms with Crippen LogP contribution in [0.3, 0.4) is 0 Å². The molecule has 0 bridgehead atoms. The van der Waals surface area contributed by atoms with Gasteiger partial charge in [0.15, 0.2) is 12.4 Å². The molecule has 8 nitrogen and oxygen atoms in total. The number of aryl methyl sites for hydroxylation is 1. The van der Waals surface area contributed by atoms with Crippen LogP contribution in [0.1, 0.15) is 33.5 Å². The van der Waals surface area contributed by atoms with Crippen molar-refractivity contribution in [3.8, 4) is 0 Å². The molecule has 0 aliphatic heterocycles. The number of aromatic nitrogens is 1. The van der Waals surface area contributed by atoms with Gasteiger partial charge in [-0.1, -0.05) is 32.9 Å². The van der Waals surface area contributed by atoms with Gasteiger partial charge in [-0.15, -0.1) is 11.8 Å². The van der Waals surface area contributed by atoms with Crippen molar-refractivity contribution >= 4 is 35.4 Å². The Morgan fingerprint density at radius 3 is 2.33 bits per heavy atom. The minimum atomic E-state index is -0.521. The van der Waals surface area contributed by atoms with Gasteiger partial charge < -0.3 is 19.5 Å². The third-order valence-electron chi connectivity index (χ3n) is 3.23. The lowest BCUT2D eigenvalue weighted by Gasteiger charge is -2.26. The monoisotopic (exact) mass is 399 g/mol. The summed E-state index contributed by atoms with van der Waals surface area (Å²) < 4.78 is 9.89. The van der Waals surface area contributed by atoms with E-state index in [1.807, 2.05) is 27.7 Å². The van der Waals surface area contributed by atoms with Crippen LogP contribution < -0.4 is 5.32 Å². The first-order valence-electron chi connectivity index (χ1n) is 8.91. The van der Waals surface area contributed by atoms with Crippen molar-refractivity contribution in [1.82, 2.24) is 10.1 Å². The molecule has 1 rings (SSSR count). The Morgan fingerprint density at radius 2 is 1.81 bits per heavy atom. The number of esters is 1. The van der Waals surface area contributed by atoms with Crippen LogP contribution in [0, 0.1) is 18.8 Å². The van der Waals surface area contributed by atoms with Crippen molar-refractivity contribution in [2.45, 2.75) is 34.6 Å². The lowest BCUT2D eigenvalue weighted by molar-refractivity contribution is -0.150. The summed E-state index contributed by atoms with van der Waals surface area (Å²) in [6, 6.07) is 1.60. The van der Waals surface area contributed by atoms with E-state index < -0.39 is 5.97 Å². The normalized spacial score (nSPS) is 10.9. The fourth-order valence-electron chi connectivity index (χ4n) is 2.27. The van der Waals surface area contributed by atoms with E-state index in [1.165, 1.54) is 0 Å². The van der Waals surface area contributed by atoms with E-state index in [2.05, 4.69) is 10.5 Å². The number of thioether (sulfide) groups is 1. The first-order chi connectivity index (χ1) is 12.7. The predicted octanol–water partition coefficient (Wildman–Crippen LogP) is 2.34. The molecule has 27 heavy (non-hydrogen) atoms. The highest BCUT2D eigenvalue weighted by molar-refractivity contribution is 8.00. The first kappa shape index (κ1) is 23.0. The van der Waals surface area contributed by atoms with E-state index >= 15 is 0 Å². The Kier molecular flexibility index (Phi) is 9.92. The van der Waals surface area contributed by atoms with Crippen molar-refractivity contribution in [2.24, 2.45) is 11.8 Å². The average molecular weight is 400 g/mol. The molecule has 0 aliphatic carbocycles. The fourth-order valence-corrected chi connectivity index (χ4v) is 2.88. The highest BCUT2D eigenvalue weighted by Gasteiger charge is 2.18. The van der Waals surface area contributed by atoms with Crippen molar-refractivity contribution in [3.63, 3.8) is 0 Å². The zero-order valence-corrected chi connectivity index (χ0v) is 17.4. The standard InChI is InChI=1S/C18H29N3O5S/c1-12(2)7-21(8-13(3)4)17(23)9-25-18(24)11-27-10-16(22)19-15-6-14(5)26-20-15/h6,12-13H,7-11H2,1-5H3,(H,19,20,22). The quantitative estimate of drug-likeness (QED) is 0.570. The van der Waals surface area contributed by atoms with Gasteiger partial charge in [0.05, 0.1) is 11.5 Å². The second-order valence-electron chi connectivity index (χ2n) is 7.11. The molecule has 0 aliphatic rings. The Morgan fingerprint density at radius 1 is 1.19 bits per heavy atom. The molecular weight excluding hydrogens is 370 g/mol. The van der Waals surface area contributed by atoms with Crippen LogP contribution >= 0.6 is 11.8 Å². The number of carbonyl (C=O) groups is 3. The minimum Gasteiger partial charge on any atom is -0.455 e. The zero-order chi connectivity index (χ0) is 20.4. The summed E-state index contributed by atoms with van der Waals surface area (Å²) in [5.41, 5.74) is 0. The SMILES string of the molecule is Cc1cc(NC(=O)CSCC(=O)OCC(=O)N(CC(C)C)CC(C)C)no1. The molecule has 1 aromatic rings. The van der Waals surface area contributed by atoms with Crippen LogP contribution in [0.5, 0.6) is 0 Å². The molecule has 0 saturated carbocycles. The van der Waals surface area contributed by atoms with E-state index in [9.17, 15) is 14.4 Å². The van der Waals surface area contributed by atoms with Gasteiger partial charge in [0, 0.05) is 19.2 Å². The lowest BCUT2D eigenvalue weighted by Crippen LogP contribution is -2.39. The second-order valence-corrected chi connectivity index (χ2v) is 8.10. The maximum atomic E-state index is 12.3. The first-order valence-corrected chi connectivity index (χ1v) is 10.1. The predicted molar refractivity (Wildman–Crippen MR) is 104 cm³/mol. The summed E-state index contributed by atoms with van der Waals surface area (Å²) in [6.45, 7) is 10.9. The van der Waals surface area contributed by atoms with Crippen LogP contribution in [0.15, 0.2) is 10.6 Å². The molecule has 0 atom stereocenters. The molecule has 0 radical (unpaired) electrons. The maximum absolute atomic E-state index is 12.3. The third-order valence-corrected chi connectivity index (χ3v) is 4.14. The van der Waals surface area contributed by atoms with Gasteiger partial charge in [0.1, 0.15) is 5.76 Å². The van der Waals surface area contributed by atoms with Gasteiger partial charge in [-0.2, -0.15) is 0 Å². The molecule has 1 N–H and O–H groups in total. The Labute approximate surface area is 164 Å². The number of amides is 2. The van der Waals surface area contributed by atoms with Crippen molar-refractivity contribution in [2.75, 3.05) is 36.5 Å². The van der Waals surface area contributed by atoms with Crippen LogP contribution in [0.2, 0.25) is 0 Å². The number of hydrogen-bond acceptors (Lipinski definition) is 7. The molecule has 9 heteroatoms. The van der Waals surface area contributed by atoms with Crippen molar-refractivity contribution in [3.05, 3.63) is 11.8 Å². The molecule has 152 valence electrons. The van der Waals surface area contributed by atoms with E-state index in [4.69, 9.17) is 9.26 Å². The fraction of sp³-hybridized carbons (Fsp3) is 0.667. The summed E-state index contributed by atoms with van der Waals surface area (Å²) in [5, 5.41) is 6.22. The summed E-state index contributed by atoms with van der Waals surface area (Å²) >= 11 is 1.11. The molecule has 0 saturated heterocycles. The highest BCUT2D eigenvalue weighted by Crippen LogP contribution is 2.09. The largest absolute Gasteiger partial charge is 0.455 e. The van der Waals surface area contributed by atoms with Crippen molar-refractivity contribution in [1.29, 1.82) is 0 Å². The second kappa shape index (κ2) is 11.6. The maximum Gasteiger partial charge on any atom is 0.316 e. The number of anilines is 1. The van der Waals surface area contributed by atoms with Crippen LogP contribution in [-0.2, 0) is 19.1 Å². The van der Waals surface area contributed by atoms with E-state index in [-0.39, 0.29) is 29.9 Å². The molecule has 0 fully saturated rings. The Balaban J connectivity index is 2.28. The lowest BCUT2D eigenvalue weighted by atomic mass is 10.1. The molecule has 0 unspecified atom stereocenters. The van der Waals surface area contributed by atoms with Gasteiger partial charge in [0.25, 0.3) is 5.91 Å². The molecule has 1 heterocycles. The molecule has 1 aromatic heterocycles. The third kappa shape index (κ3) is 10.0. The number of hydrogen-bond donors (Lipinski definition) is 1. The number of rotatable bonds is 11. The number of nitrogens with one attached hydrogen (secondary N) is 1. The van der Waals surface area contributed by atoms with Gasteiger partial charge in [-0.05, 0) is 18.8 Å². The van der Waals surface area contributed by atoms with Crippen LogP contribution in [0.25, 0.3) is 0 Å². The number of ether oxygens (including phenoxy) is 1. The molecule has 0 spiro atoms. The van der Waals surface area contributed by atoms with Gasteiger partial charge >= 0.3 is 5.97 Å². The average Bonchev–Trinajstić information content (AvgIpc) is 2.95. The van der Waals surface area contributed by atoms with Gasteiger partial charge in [-0.3, -0.25) is 14.4 Å². The van der Waals surface area contributed by atoms with E-state index in [1.54, 1.807) is 17.9 Å². The Bertz CT molecular complexity index is 620. The minimum absolute atomic E-state index is 0.00704. The van der Waals surface area contributed by atoms with Gasteiger partial charge in [0.2, 0.25) is 5.91 Å². The molecular formula is C18H29N3O5S. The van der Waals surface area contributed by atoms with E-state index in [0.717, 1.165) is 11.8 Å². The molecule has 2 amide bonds. The summed E-state index contributed by atoms with van der Waals surface area (Å²) in [6.07, 6.45) is 0. The van der Waals surface area contributed by atoms with Crippen LogP contribution in [0.4, 0.5) is 5.82 Å². The van der Waals surface area contributed by atoms with Crippen molar-refractivity contribution < 1.29 is 23.6 Å². The zero-order valence-electron chi connectivity index (χ0n) is 16.6. The summed E-state index contributed by atoms with van der Waals surface area (Å²) in [7, 11) is 0. The summed E-state index contributed by atoms with van der Waals surface area (Å²) in [5.74, 6) is 0.655. The number of nitrogens with zero attached hydrogens (tertiary/aromatic N) is 2. The van der Waals surface area contributed by atoms with Crippen LogP contribution in [-0.4, -0.2) is 59.0 Å². The number of carbonyl (C=O) groups excluding carboxylic acids is 3. The Hall–Kier alpha value is -2.03. The van der Waals surface area contributed by atoms with E-state index in [0.29, 0.717) is 36.5 Å².